The van der Waals surface area contributed by atoms with Gasteiger partial charge in [0.25, 0.3) is 0 Å². The minimum absolute atomic E-state index is 0.0400. The molecule has 2 fully saturated rings. The molecule has 0 spiro atoms. The maximum atomic E-state index is 13.3. The summed E-state index contributed by atoms with van der Waals surface area (Å²) >= 11 is 0. The first-order chi connectivity index (χ1) is 10.5. The van der Waals surface area contributed by atoms with Gasteiger partial charge in [-0.05, 0) is 49.4 Å². The molecule has 5 heteroatoms. The summed E-state index contributed by atoms with van der Waals surface area (Å²) in [5.41, 5.74) is 1.75. The van der Waals surface area contributed by atoms with Gasteiger partial charge in [0.05, 0.1) is 5.92 Å². The van der Waals surface area contributed by atoms with Gasteiger partial charge in [0, 0.05) is 25.6 Å². The molecule has 118 valence electrons. The van der Waals surface area contributed by atoms with Crippen molar-refractivity contribution in [1.29, 1.82) is 0 Å². The largest absolute Gasteiger partial charge is 0.352 e. The van der Waals surface area contributed by atoms with Crippen LogP contribution in [0.15, 0.2) is 18.2 Å². The first-order valence-corrected chi connectivity index (χ1v) is 7.87. The van der Waals surface area contributed by atoms with Gasteiger partial charge in [-0.25, -0.2) is 4.39 Å². The van der Waals surface area contributed by atoms with Gasteiger partial charge >= 0.3 is 0 Å². The lowest BCUT2D eigenvalue weighted by Gasteiger charge is -2.32. The van der Waals surface area contributed by atoms with Gasteiger partial charge in [-0.2, -0.15) is 0 Å². The number of rotatable bonds is 4. The Labute approximate surface area is 129 Å². The van der Waals surface area contributed by atoms with Gasteiger partial charge in [-0.15, -0.1) is 0 Å². The van der Waals surface area contributed by atoms with Crippen LogP contribution in [0.2, 0.25) is 0 Å². The molecule has 22 heavy (non-hydrogen) atoms. The molecule has 3 rings (SSSR count). The summed E-state index contributed by atoms with van der Waals surface area (Å²) in [6.07, 6.45) is 3.18. The molecule has 2 aliphatic rings. The fraction of sp³-hybridized carbons (Fsp3) is 0.529. The van der Waals surface area contributed by atoms with Crippen molar-refractivity contribution in [3.05, 3.63) is 35.1 Å². The van der Waals surface area contributed by atoms with Gasteiger partial charge in [0.2, 0.25) is 11.8 Å². The second kappa shape index (κ2) is 6.07. The van der Waals surface area contributed by atoms with Crippen LogP contribution in [0.4, 0.5) is 4.39 Å². The van der Waals surface area contributed by atoms with E-state index in [2.05, 4.69) is 5.32 Å². The zero-order chi connectivity index (χ0) is 15.7. The third kappa shape index (κ3) is 3.29. The monoisotopic (exact) mass is 304 g/mol. The first-order valence-electron chi connectivity index (χ1n) is 7.87. The zero-order valence-electron chi connectivity index (χ0n) is 12.8. The second-order valence-corrected chi connectivity index (χ2v) is 6.30. The third-order valence-corrected chi connectivity index (χ3v) is 4.57. The fourth-order valence-corrected chi connectivity index (χ4v) is 2.98. The summed E-state index contributed by atoms with van der Waals surface area (Å²) in [6.45, 7) is 2.75. The average molecular weight is 304 g/mol. The molecule has 1 saturated carbocycles. The molecule has 1 saturated heterocycles. The molecular formula is C17H21FN2O2. The number of amides is 2. The van der Waals surface area contributed by atoms with Crippen LogP contribution < -0.4 is 5.32 Å². The van der Waals surface area contributed by atoms with Gasteiger partial charge in [-0.3, -0.25) is 9.59 Å². The predicted molar refractivity (Wildman–Crippen MR) is 80.4 cm³/mol. The molecule has 1 heterocycles. The van der Waals surface area contributed by atoms with E-state index in [1.54, 1.807) is 6.07 Å². The summed E-state index contributed by atoms with van der Waals surface area (Å²) in [5, 5.41) is 2.89. The Bertz CT molecular complexity index is 598. The van der Waals surface area contributed by atoms with Crippen LogP contribution in [0.1, 0.15) is 36.8 Å². The summed E-state index contributed by atoms with van der Waals surface area (Å²) in [6, 6.07) is 4.94. The molecule has 1 aromatic carbocycles. The number of benzene rings is 1. The molecule has 1 aliphatic carbocycles. The standard InChI is InChI=1S/C17H21FN2O2/c1-11-2-4-14(18)8-13(11)9-19-17(22)12-3-7-16(21)20(10-12)15-5-6-15/h2,4,8,12,15H,3,5-7,9-10H2,1H3,(H,19,22)/t12-/m1/s1. The van der Waals surface area contributed by atoms with Crippen molar-refractivity contribution in [1.82, 2.24) is 10.2 Å². The highest BCUT2D eigenvalue weighted by atomic mass is 19.1. The lowest BCUT2D eigenvalue weighted by molar-refractivity contribution is -0.138. The van der Waals surface area contributed by atoms with Crippen molar-refractivity contribution in [2.24, 2.45) is 5.92 Å². The normalized spacial score (nSPS) is 21.8. The van der Waals surface area contributed by atoms with Crippen molar-refractivity contribution < 1.29 is 14.0 Å². The van der Waals surface area contributed by atoms with Crippen LogP contribution in [0.3, 0.4) is 0 Å². The Balaban J connectivity index is 1.57. The van der Waals surface area contributed by atoms with Crippen molar-refractivity contribution in [2.75, 3.05) is 6.54 Å². The maximum absolute atomic E-state index is 13.3. The number of hydrogen-bond donors (Lipinski definition) is 1. The molecule has 1 aromatic rings. The third-order valence-electron chi connectivity index (χ3n) is 4.57. The van der Waals surface area contributed by atoms with E-state index in [1.807, 2.05) is 11.8 Å². The van der Waals surface area contributed by atoms with Gasteiger partial charge in [0.1, 0.15) is 5.82 Å². The van der Waals surface area contributed by atoms with Crippen LogP contribution in [0, 0.1) is 18.7 Å². The lowest BCUT2D eigenvalue weighted by atomic mass is 9.96. The SMILES string of the molecule is Cc1ccc(F)cc1CNC(=O)[C@@H]1CCC(=O)N(C2CC2)C1. The Morgan fingerprint density at radius 1 is 1.36 bits per heavy atom. The van der Waals surface area contributed by atoms with Crippen molar-refractivity contribution in [3.8, 4) is 0 Å². The van der Waals surface area contributed by atoms with Crippen LogP contribution in [0.25, 0.3) is 0 Å². The predicted octanol–water partition coefficient (Wildman–Crippen LogP) is 2.15. The maximum Gasteiger partial charge on any atom is 0.225 e. The number of nitrogens with zero attached hydrogens (tertiary/aromatic N) is 1. The Hall–Kier alpha value is -1.91. The summed E-state index contributed by atoms with van der Waals surface area (Å²) in [5.74, 6) is -0.306. The number of halogens is 1. The van der Waals surface area contributed by atoms with E-state index >= 15 is 0 Å². The molecule has 1 aliphatic heterocycles. The average Bonchev–Trinajstić information content (AvgIpc) is 3.33. The van der Waals surface area contributed by atoms with Gasteiger partial charge in [-0.1, -0.05) is 6.07 Å². The number of nitrogens with one attached hydrogen (secondary N) is 1. The van der Waals surface area contributed by atoms with Crippen LogP contribution in [0.5, 0.6) is 0 Å². The first kappa shape index (κ1) is 15.0. The number of hydrogen-bond acceptors (Lipinski definition) is 2. The van der Waals surface area contributed by atoms with E-state index in [4.69, 9.17) is 0 Å². The number of aryl methyl sites for hydroxylation is 1. The number of piperidine rings is 1. The zero-order valence-corrected chi connectivity index (χ0v) is 12.8. The van der Waals surface area contributed by atoms with Gasteiger partial charge in [0.15, 0.2) is 0 Å². The summed E-state index contributed by atoms with van der Waals surface area (Å²) < 4.78 is 13.3. The molecule has 2 amide bonds. The molecule has 0 unspecified atom stereocenters. The molecular weight excluding hydrogens is 283 g/mol. The Morgan fingerprint density at radius 2 is 2.14 bits per heavy atom. The lowest BCUT2D eigenvalue weighted by Crippen LogP contribution is -2.46. The highest BCUT2D eigenvalue weighted by Crippen LogP contribution is 2.31. The van der Waals surface area contributed by atoms with E-state index in [1.165, 1.54) is 12.1 Å². The van der Waals surface area contributed by atoms with E-state index in [9.17, 15) is 14.0 Å². The van der Waals surface area contributed by atoms with E-state index in [-0.39, 0.29) is 23.5 Å². The Morgan fingerprint density at radius 3 is 2.86 bits per heavy atom. The quantitative estimate of drug-likeness (QED) is 0.926. The van der Waals surface area contributed by atoms with Crippen molar-refractivity contribution >= 4 is 11.8 Å². The highest BCUT2D eigenvalue weighted by molar-refractivity contribution is 5.84. The van der Waals surface area contributed by atoms with E-state index in [0.717, 1.165) is 24.0 Å². The summed E-state index contributed by atoms with van der Waals surface area (Å²) in [7, 11) is 0. The molecule has 1 N–H and O–H groups in total. The molecule has 0 aromatic heterocycles. The highest BCUT2D eigenvalue weighted by Gasteiger charge is 2.38. The smallest absolute Gasteiger partial charge is 0.225 e. The molecule has 4 nitrogen and oxygen atoms in total. The minimum atomic E-state index is -0.293. The number of carbonyl (C=O) groups excluding carboxylic acids is 2. The van der Waals surface area contributed by atoms with Crippen molar-refractivity contribution in [3.63, 3.8) is 0 Å². The van der Waals surface area contributed by atoms with Gasteiger partial charge < -0.3 is 10.2 Å². The number of likely N-dealkylation sites (tertiary alicyclic amines) is 1. The fourth-order valence-electron chi connectivity index (χ4n) is 2.98. The topological polar surface area (TPSA) is 49.4 Å². The number of carbonyl (C=O) groups is 2. The molecule has 0 bridgehead atoms. The molecule has 0 radical (unpaired) electrons. The van der Waals surface area contributed by atoms with Crippen LogP contribution in [-0.2, 0) is 16.1 Å². The second-order valence-electron chi connectivity index (χ2n) is 6.30. The Kier molecular flexibility index (Phi) is 4.14. The minimum Gasteiger partial charge on any atom is -0.352 e. The van der Waals surface area contributed by atoms with Crippen LogP contribution >= 0.6 is 0 Å². The summed E-state index contributed by atoms with van der Waals surface area (Å²) in [4.78, 5) is 26.0. The van der Waals surface area contributed by atoms with Crippen LogP contribution in [-0.4, -0.2) is 29.3 Å². The van der Waals surface area contributed by atoms with E-state index in [0.29, 0.717) is 32.0 Å². The molecule has 1 atom stereocenters. The van der Waals surface area contributed by atoms with E-state index < -0.39 is 0 Å². The van der Waals surface area contributed by atoms with Crippen molar-refractivity contribution in [2.45, 2.75) is 45.2 Å².